The molecule has 172 valence electrons. The Balaban J connectivity index is 1.59. The van der Waals surface area contributed by atoms with Crippen molar-refractivity contribution in [2.24, 2.45) is 0 Å². The lowest BCUT2D eigenvalue weighted by Crippen LogP contribution is -2.26. The minimum atomic E-state index is -1.06. The topological polar surface area (TPSA) is 93.1 Å². The van der Waals surface area contributed by atoms with Crippen molar-refractivity contribution in [3.8, 4) is 0 Å². The first kappa shape index (κ1) is 22.9. The predicted octanol–water partition coefficient (Wildman–Crippen LogP) is 5.28. The van der Waals surface area contributed by atoms with E-state index in [9.17, 15) is 19.8 Å². The molecule has 0 bridgehead atoms. The van der Waals surface area contributed by atoms with E-state index in [1.165, 1.54) is 0 Å². The first-order chi connectivity index (χ1) is 16.5. The number of ether oxygens (including phenoxy) is 2. The maximum atomic E-state index is 13.0. The van der Waals surface area contributed by atoms with Gasteiger partial charge in [0, 0.05) is 6.42 Å². The number of esters is 2. The Labute approximate surface area is 197 Å². The Morgan fingerprint density at radius 2 is 1.18 bits per heavy atom. The summed E-state index contributed by atoms with van der Waals surface area (Å²) in [5.74, 6) is -3.26. The van der Waals surface area contributed by atoms with Gasteiger partial charge < -0.3 is 19.7 Å². The van der Waals surface area contributed by atoms with Crippen molar-refractivity contribution < 1.29 is 29.3 Å². The minimum absolute atomic E-state index is 0.00835. The number of aliphatic hydroxyl groups is 2. The van der Waals surface area contributed by atoms with Crippen molar-refractivity contribution in [1.29, 1.82) is 0 Å². The number of hydrogen-bond acceptors (Lipinski definition) is 6. The van der Waals surface area contributed by atoms with Gasteiger partial charge in [0.25, 0.3) is 0 Å². The standard InChI is InChI=1S/C28H24O6/c29-23-16-22(27(31)33-17-19-10-4-1-5-11-19)26(30)24(21-14-8-3-9-15-21)25(23)28(32)34-18-20-12-6-2-7-13-20/h1-15,24,29-30H,16-18H2. The lowest BCUT2D eigenvalue weighted by Gasteiger charge is -2.27. The van der Waals surface area contributed by atoms with Gasteiger partial charge in [0.05, 0.1) is 17.1 Å². The van der Waals surface area contributed by atoms with Gasteiger partial charge in [-0.05, 0) is 16.7 Å². The van der Waals surface area contributed by atoms with Crippen LogP contribution in [0, 0.1) is 0 Å². The summed E-state index contributed by atoms with van der Waals surface area (Å²) in [5.41, 5.74) is 1.91. The minimum Gasteiger partial charge on any atom is -0.511 e. The molecule has 0 aliphatic heterocycles. The molecule has 6 nitrogen and oxygen atoms in total. The summed E-state index contributed by atoms with van der Waals surface area (Å²) in [7, 11) is 0. The molecule has 0 fully saturated rings. The molecule has 3 aromatic rings. The molecular formula is C28H24O6. The third-order valence-corrected chi connectivity index (χ3v) is 5.55. The predicted molar refractivity (Wildman–Crippen MR) is 126 cm³/mol. The Kier molecular flexibility index (Phi) is 7.08. The lowest BCUT2D eigenvalue weighted by atomic mass is 9.81. The van der Waals surface area contributed by atoms with E-state index in [0.29, 0.717) is 5.56 Å². The van der Waals surface area contributed by atoms with Crippen LogP contribution in [-0.2, 0) is 32.3 Å². The highest BCUT2D eigenvalue weighted by atomic mass is 16.5. The summed E-state index contributed by atoms with van der Waals surface area (Å²) in [5, 5.41) is 21.9. The SMILES string of the molecule is O=C(OCc1ccccc1)C1=C(O)C(c2ccccc2)C(C(=O)OCc2ccccc2)=C(O)C1. The van der Waals surface area contributed by atoms with Crippen LogP contribution in [0.4, 0.5) is 0 Å². The first-order valence-electron chi connectivity index (χ1n) is 10.9. The molecule has 0 spiro atoms. The van der Waals surface area contributed by atoms with Gasteiger partial charge in [0.1, 0.15) is 24.7 Å². The fourth-order valence-electron chi connectivity index (χ4n) is 3.82. The van der Waals surface area contributed by atoms with E-state index in [-0.39, 0.29) is 42.3 Å². The molecule has 1 aliphatic rings. The smallest absolute Gasteiger partial charge is 0.338 e. The molecule has 1 atom stereocenters. The largest absolute Gasteiger partial charge is 0.511 e. The van der Waals surface area contributed by atoms with Crippen molar-refractivity contribution in [3.63, 3.8) is 0 Å². The number of benzene rings is 3. The Morgan fingerprint density at radius 3 is 1.71 bits per heavy atom. The van der Waals surface area contributed by atoms with Crippen molar-refractivity contribution in [1.82, 2.24) is 0 Å². The molecule has 0 radical (unpaired) electrons. The number of carbonyl (C=O) groups is 2. The Morgan fingerprint density at radius 1 is 0.706 bits per heavy atom. The third-order valence-electron chi connectivity index (χ3n) is 5.55. The van der Waals surface area contributed by atoms with Crippen LogP contribution in [0.1, 0.15) is 29.0 Å². The van der Waals surface area contributed by atoms with Gasteiger partial charge in [0.15, 0.2) is 0 Å². The number of aliphatic hydroxyl groups excluding tert-OH is 2. The average Bonchev–Trinajstić information content (AvgIpc) is 2.88. The molecular weight excluding hydrogens is 432 g/mol. The molecule has 2 N–H and O–H groups in total. The van der Waals surface area contributed by atoms with Crippen LogP contribution in [0.15, 0.2) is 114 Å². The fraction of sp³-hybridized carbons (Fsp3) is 0.143. The first-order valence-corrected chi connectivity index (χ1v) is 10.9. The van der Waals surface area contributed by atoms with E-state index in [0.717, 1.165) is 11.1 Å². The van der Waals surface area contributed by atoms with Crippen molar-refractivity contribution in [2.45, 2.75) is 25.6 Å². The van der Waals surface area contributed by atoms with Crippen LogP contribution >= 0.6 is 0 Å². The zero-order valence-corrected chi connectivity index (χ0v) is 18.4. The van der Waals surface area contributed by atoms with Crippen molar-refractivity contribution >= 4 is 11.9 Å². The summed E-state index contributed by atoms with van der Waals surface area (Å²) >= 11 is 0. The van der Waals surface area contributed by atoms with Crippen LogP contribution in [0.3, 0.4) is 0 Å². The molecule has 34 heavy (non-hydrogen) atoms. The number of allylic oxidation sites excluding steroid dienone is 2. The van der Waals surface area contributed by atoms with E-state index in [4.69, 9.17) is 9.47 Å². The molecule has 0 saturated carbocycles. The second kappa shape index (κ2) is 10.5. The molecule has 0 aromatic heterocycles. The molecule has 0 amide bonds. The Bertz CT molecular complexity index is 1210. The van der Waals surface area contributed by atoms with Crippen molar-refractivity contribution in [2.75, 3.05) is 0 Å². The van der Waals surface area contributed by atoms with Crippen molar-refractivity contribution in [3.05, 3.63) is 130 Å². The normalized spacial score (nSPS) is 15.7. The molecule has 1 unspecified atom stereocenters. The van der Waals surface area contributed by atoms with Crippen LogP contribution in [0.25, 0.3) is 0 Å². The number of rotatable bonds is 7. The van der Waals surface area contributed by atoms with Crippen LogP contribution in [0.2, 0.25) is 0 Å². The Hall–Kier alpha value is -4.32. The van der Waals surface area contributed by atoms with Gasteiger partial charge in [-0.1, -0.05) is 91.0 Å². The monoisotopic (exact) mass is 456 g/mol. The van der Waals surface area contributed by atoms with Gasteiger partial charge in [-0.3, -0.25) is 0 Å². The van der Waals surface area contributed by atoms with Gasteiger partial charge in [-0.15, -0.1) is 0 Å². The van der Waals surface area contributed by atoms with Gasteiger partial charge in [0.2, 0.25) is 0 Å². The van der Waals surface area contributed by atoms with Gasteiger partial charge >= 0.3 is 11.9 Å². The molecule has 0 saturated heterocycles. The average molecular weight is 456 g/mol. The summed E-state index contributed by atoms with van der Waals surface area (Å²) < 4.78 is 10.8. The van der Waals surface area contributed by atoms with Crippen LogP contribution < -0.4 is 0 Å². The van der Waals surface area contributed by atoms with Crippen LogP contribution in [-0.4, -0.2) is 22.2 Å². The van der Waals surface area contributed by atoms with Gasteiger partial charge in [-0.25, -0.2) is 9.59 Å². The van der Waals surface area contributed by atoms with E-state index in [1.54, 1.807) is 30.3 Å². The van der Waals surface area contributed by atoms with Gasteiger partial charge in [-0.2, -0.15) is 0 Å². The molecule has 4 rings (SSSR count). The molecule has 3 aromatic carbocycles. The van der Waals surface area contributed by atoms with E-state index >= 15 is 0 Å². The van der Waals surface area contributed by atoms with E-state index < -0.39 is 17.9 Å². The molecule has 1 aliphatic carbocycles. The fourth-order valence-corrected chi connectivity index (χ4v) is 3.82. The second-order valence-electron chi connectivity index (χ2n) is 7.87. The van der Waals surface area contributed by atoms with Crippen LogP contribution in [0.5, 0.6) is 0 Å². The summed E-state index contributed by atoms with van der Waals surface area (Å²) in [4.78, 5) is 25.8. The van der Waals surface area contributed by atoms with E-state index in [2.05, 4.69) is 0 Å². The summed E-state index contributed by atoms with van der Waals surface area (Å²) in [6.45, 7) is 0.0251. The second-order valence-corrected chi connectivity index (χ2v) is 7.87. The highest BCUT2D eigenvalue weighted by molar-refractivity contribution is 5.96. The number of hydrogen-bond donors (Lipinski definition) is 2. The number of carbonyl (C=O) groups excluding carboxylic acids is 2. The summed E-state index contributed by atoms with van der Waals surface area (Å²) in [6.07, 6.45) is -0.335. The zero-order chi connectivity index (χ0) is 23.9. The maximum Gasteiger partial charge on any atom is 0.338 e. The maximum absolute atomic E-state index is 13.0. The quantitative estimate of drug-likeness (QED) is 0.470. The highest BCUT2D eigenvalue weighted by Crippen LogP contribution is 2.40. The summed E-state index contributed by atoms with van der Waals surface area (Å²) in [6, 6.07) is 27.0. The van der Waals surface area contributed by atoms with E-state index in [1.807, 2.05) is 60.7 Å². The lowest BCUT2D eigenvalue weighted by molar-refractivity contribution is -0.142. The molecule has 0 heterocycles. The molecule has 6 heteroatoms. The third kappa shape index (κ3) is 5.18. The highest BCUT2D eigenvalue weighted by Gasteiger charge is 2.39. The zero-order valence-electron chi connectivity index (χ0n) is 18.4.